The van der Waals surface area contributed by atoms with Crippen LogP contribution in [0.2, 0.25) is 0 Å². The molecule has 4 nitrogen and oxygen atoms in total. The van der Waals surface area contributed by atoms with Crippen molar-refractivity contribution < 1.29 is 31.5 Å². The van der Waals surface area contributed by atoms with E-state index >= 15 is 0 Å². The van der Waals surface area contributed by atoms with Crippen LogP contribution in [0.4, 0.5) is 22.0 Å². The molecule has 1 aromatic carbocycles. The Hall–Kier alpha value is -1.90. The van der Waals surface area contributed by atoms with Gasteiger partial charge >= 0.3 is 12.8 Å². The monoisotopic (exact) mass is 338 g/mol. The molecule has 9 heteroatoms. The summed E-state index contributed by atoms with van der Waals surface area (Å²) >= 11 is 0. The molecule has 128 valence electrons. The second kappa shape index (κ2) is 7.12. The lowest BCUT2D eigenvalue weighted by molar-refractivity contribution is -0.148. The number of alkyl halides is 5. The molecule has 1 fully saturated rings. The molecule has 0 N–H and O–H groups in total. The summed E-state index contributed by atoms with van der Waals surface area (Å²) in [6.45, 7) is -3.49. The van der Waals surface area contributed by atoms with E-state index in [1.54, 1.807) is 0 Å². The average Bonchev–Trinajstić information content (AvgIpc) is 2.45. The van der Waals surface area contributed by atoms with E-state index in [0.717, 1.165) is 0 Å². The zero-order valence-electron chi connectivity index (χ0n) is 12.0. The van der Waals surface area contributed by atoms with Gasteiger partial charge in [-0.05, 0) is 18.2 Å². The molecule has 1 saturated heterocycles. The number of hydrogen-bond acceptors (Lipinski definition) is 3. The van der Waals surface area contributed by atoms with Crippen molar-refractivity contribution in [1.82, 2.24) is 9.80 Å². The van der Waals surface area contributed by atoms with Crippen LogP contribution in [0.1, 0.15) is 10.4 Å². The molecular weight excluding hydrogens is 323 g/mol. The van der Waals surface area contributed by atoms with Gasteiger partial charge in [-0.15, -0.1) is 0 Å². The Kier molecular flexibility index (Phi) is 5.40. The van der Waals surface area contributed by atoms with Crippen LogP contribution in [0.15, 0.2) is 24.3 Å². The van der Waals surface area contributed by atoms with Gasteiger partial charge in [0.2, 0.25) is 0 Å². The summed E-state index contributed by atoms with van der Waals surface area (Å²) in [6.07, 6.45) is -4.27. The topological polar surface area (TPSA) is 32.8 Å². The first-order valence-electron chi connectivity index (χ1n) is 6.88. The third-order valence-corrected chi connectivity index (χ3v) is 3.37. The number of nitrogens with zero attached hydrogens (tertiary/aromatic N) is 2. The van der Waals surface area contributed by atoms with E-state index in [2.05, 4.69) is 4.74 Å². The molecule has 0 radical (unpaired) electrons. The maximum Gasteiger partial charge on any atom is 0.401 e. The molecule has 0 unspecified atom stereocenters. The van der Waals surface area contributed by atoms with Crippen molar-refractivity contribution in [3.8, 4) is 5.75 Å². The predicted octanol–water partition coefficient (Wildman–Crippen LogP) is 2.61. The highest BCUT2D eigenvalue weighted by atomic mass is 19.4. The van der Waals surface area contributed by atoms with Gasteiger partial charge in [0, 0.05) is 31.7 Å². The summed E-state index contributed by atoms with van der Waals surface area (Å²) < 4.78 is 65.5. The van der Waals surface area contributed by atoms with Crippen LogP contribution in [0, 0.1) is 0 Å². The van der Waals surface area contributed by atoms with Crippen LogP contribution in [0.5, 0.6) is 5.75 Å². The van der Waals surface area contributed by atoms with Crippen molar-refractivity contribution >= 4 is 5.91 Å². The number of piperazine rings is 1. The number of hydrogen-bond donors (Lipinski definition) is 0. The van der Waals surface area contributed by atoms with E-state index in [4.69, 9.17) is 0 Å². The van der Waals surface area contributed by atoms with E-state index < -0.39 is 25.2 Å². The van der Waals surface area contributed by atoms with Gasteiger partial charge in [-0.25, -0.2) is 0 Å². The Balaban J connectivity index is 1.94. The largest absolute Gasteiger partial charge is 0.435 e. The normalized spacial score (nSPS) is 16.7. The number of halogens is 5. The van der Waals surface area contributed by atoms with Crippen molar-refractivity contribution in [1.29, 1.82) is 0 Å². The molecule has 0 aliphatic carbocycles. The van der Waals surface area contributed by atoms with Crippen LogP contribution in [-0.4, -0.2) is 61.2 Å². The number of carbonyl (C=O) groups excluding carboxylic acids is 1. The molecule has 0 aromatic heterocycles. The minimum absolute atomic E-state index is 0.110. The van der Waals surface area contributed by atoms with Gasteiger partial charge in [0.25, 0.3) is 5.91 Å². The quantitative estimate of drug-likeness (QED) is 0.791. The molecule has 1 aromatic rings. The first-order valence-corrected chi connectivity index (χ1v) is 6.88. The van der Waals surface area contributed by atoms with Gasteiger partial charge < -0.3 is 9.64 Å². The van der Waals surface area contributed by atoms with Crippen molar-refractivity contribution in [3.63, 3.8) is 0 Å². The number of amides is 1. The SMILES string of the molecule is O=C(c1cccc(OC(F)F)c1)N1CCN(CC(F)(F)F)CC1. The molecule has 0 saturated carbocycles. The fourth-order valence-electron chi connectivity index (χ4n) is 2.35. The van der Waals surface area contributed by atoms with Crippen LogP contribution in [0.25, 0.3) is 0 Å². The first kappa shape index (κ1) is 17.5. The third-order valence-electron chi connectivity index (χ3n) is 3.37. The molecule has 1 amide bonds. The maximum absolute atomic E-state index is 12.3. The van der Waals surface area contributed by atoms with Gasteiger partial charge in [-0.1, -0.05) is 6.07 Å². The molecule has 23 heavy (non-hydrogen) atoms. The Morgan fingerprint density at radius 3 is 2.39 bits per heavy atom. The highest BCUT2D eigenvalue weighted by molar-refractivity contribution is 5.94. The van der Waals surface area contributed by atoms with Gasteiger partial charge in [0.1, 0.15) is 5.75 Å². The zero-order chi connectivity index (χ0) is 17.0. The summed E-state index contributed by atoms with van der Waals surface area (Å²) in [6, 6.07) is 5.34. The van der Waals surface area contributed by atoms with Crippen LogP contribution >= 0.6 is 0 Å². The molecule has 0 spiro atoms. The third kappa shape index (κ3) is 5.34. The van der Waals surface area contributed by atoms with E-state index in [-0.39, 0.29) is 37.5 Å². The van der Waals surface area contributed by atoms with Crippen LogP contribution < -0.4 is 4.74 Å². The standard InChI is InChI=1S/C14H15F5N2O2/c15-13(16)23-11-3-1-2-10(8-11)12(22)21-6-4-20(5-7-21)9-14(17,18)19/h1-3,8,13H,4-7,9H2. The minimum Gasteiger partial charge on any atom is -0.435 e. The highest BCUT2D eigenvalue weighted by Gasteiger charge is 2.33. The lowest BCUT2D eigenvalue weighted by Crippen LogP contribution is -2.50. The molecule has 0 bridgehead atoms. The van der Waals surface area contributed by atoms with Crippen LogP contribution in [-0.2, 0) is 0 Å². The van der Waals surface area contributed by atoms with E-state index in [1.807, 2.05) is 0 Å². The second-order valence-electron chi connectivity index (χ2n) is 5.09. The number of ether oxygens (including phenoxy) is 1. The van der Waals surface area contributed by atoms with Crippen molar-refractivity contribution in [2.24, 2.45) is 0 Å². The van der Waals surface area contributed by atoms with Crippen molar-refractivity contribution in [2.75, 3.05) is 32.7 Å². The molecule has 0 atom stereocenters. The van der Waals surface area contributed by atoms with Gasteiger partial charge in [0.05, 0.1) is 6.54 Å². The molecule has 1 heterocycles. The van der Waals surface area contributed by atoms with Gasteiger partial charge in [-0.3, -0.25) is 9.69 Å². The fraction of sp³-hybridized carbons (Fsp3) is 0.500. The summed E-state index contributed by atoms with van der Waals surface area (Å²) in [5, 5.41) is 0. The smallest absolute Gasteiger partial charge is 0.401 e. The van der Waals surface area contributed by atoms with Gasteiger partial charge in [0.15, 0.2) is 0 Å². The Morgan fingerprint density at radius 2 is 1.83 bits per heavy atom. The fourth-order valence-corrected chi connectivity index (χ4v) is 2.35. The average molecular weight is 338 g/mol. The maximum atomic E-state index is 12.3. The second-order valence-corrected chi connectivity index (χ2v) is 5.09. The summed E-state index contributed by atoms with van der Waals surface area (Å²) in [4.78, 5) is 14.9. The Morgan fingerprint density at radius 1 is 1.17 bits per heavy atom. The summed E-state index contributed by atoms with van der Waals surface area (Å²) in [5.41, 5.74) is 0.160. The predicted molar refractivity (Wildman–Crippen MR) is 71.5 cm³/mol. The van der Waals surface area contributed by atoms with Gasteiger partial charge in [-0.2, -0.15) is 22.0 Å². The number of carbonyl (C=O) groups is 1. The van der Waals surface area contributed by atoms with E-state index in [1.165, 1.54) is 34.1 Å². The lowest BCUT2D eigenvalue weighted by Gasteiger charge is -2.35. The van der Waals surface area contributed by atoms with E-state index in [9.17, 15) is 26.7 Å². The Labute approximate surface area is 129 Å². The van der Waals surface area contributed by atoms with E-state index in [0.29, 0.717) is 0 Å². The highest BCUT2D eigenvalue weighted by Crippen LogP contribution is 2.20. The lowest BCUT2D eigenvalue weighted by atomic mass is 10.1. The Bertz CT molecular complexity index is 542. The minimum atomic E-state index is -4.27. The zero-order valence-corrected chi connectivity index (χ0v) is 12.0. The molecule has 2 rings (SSSR count). The summed E-state index contributed by atoms with van der Waals surface area (Å²) in [5.74, 6) is -0.557. The molecule has 1 aliphatic rings. The molecular formula is C14H15F5N2O2. The number of rotatable bonds is 4. The van der Waals surface area contributed by atoms with Crippen molar-refractivity contribution in [3.05, 3.63) is 29.8 Å². The molecule has 1 aliphatic heterocycles. The number of benzene rings is 1. The summed E-state index contributed by atoms with van der Waals surface area (Å²) in [7, 11) is 0. The first-order chi connectivity index (χ1) is 10.7. The van der Waals surface area contributed by atoms with Crippen LogP contribution in [0.3, 0.4) is 0 Å². The van der Waals surface area contributed by atoms with Crippen molar-refractivity contribution in [2.45, 2.75) is 12.8 Å².